The molecule has 0 amide bonds. The van der Waals surface area contributed by atoms with Crippen LogP contribution >= 0.6 is 11.8 Å². The third kappa shape index (κ3) is 2.92. The van der Waals surface area contributed by atoms with Crippen molar-refractivity contribution in [1.29, 1.82) is 0 Å². The summed E-state index contributed by atoms with van der Waals surface area (Å²) < 4.78 is 6.01. The summed E-state index contributed by atoms with van der Waals surface area (Å²) in [6.07, 6.45) is 0. The number of hydrogen-bond acceptors (Lipinski definition) is 2. The molecule has 168 valence electrons. The largest absolute Gasteiger partial charge is 0.456 e. The van der Waals surface area contributed by atoms with Gasteiger partial charge in [-0.3, -0.25) is 0 Å². The topological polar surface area (TPSA) is 13.1 Å². The summed E-state index contributed by atoms with van der Waals surface area (Å²) in [4.78, 5) is 2.66. The third-order valence-corrected chi connectivity index (χ3v) is 8.44. The Morgan fingerprint density at radius 1 is 0.417 bits per heavy atom. The molecule has 2 heteroatoms. The summed E-state index contributed by atoms with van der Waals surface area (Å²) in [5, 5.41) is 4.99. The summed E-state index contributed by atoms with van der Waals surface area (Å²) in [5.74, 6) is 0. The third-order valence-electron chi connectivity index (χ3n) is 7.31. The van der Waals surface area contributed by atoms with Gasteiger partial charge in [-0.2, -0.15) is 0 Å². The van der Waals surface area contributed by atoms with E-state index in [-0.39, 0.29) is 0 Å². The number of fused-ring (bicyclic) bond motifs is 5. The Labute approximate surface area is 213 Å². The summed E-state index contributed by atoms with van der Waals surface area (Å²) in [6.45, 7) is 0. The normalized spacial score (nSPS) is 12.3. The molecule has 0 unspecified atom stereocenters. The molecule has 1 aliphatic heterocycles. The summed E-state index contributed by atoms with van der Waals surface area (Å²) in [6, 6.07) is 43.7. The van der Waals surface area contributed by atoms with E-state index in [4.69, 9.17) is 4.42 Å². The first kappa shape index (κ1) is 20.0. The second-order valence-corrected chi connectivity index (χ2v) is 10.4. The average Bonchev–Trinajstić information content (AvgIpc) is 3.32. The Hall–Kier alpha value is -4.27. The first-order valence-electron chi connectivity index (χ1n) is 12.2. The van der Waals surface area contributed by atoms with Gasteiger partial charge < -0.3 is 4.42 Å². The molecular formula is C34H20OS. The number of hydrogen-bond donors (Lipinski definition) is 0. The van der Waals surface area contributed by atoms with Crippen molar-refractivity contribution in [2.24, 2.45) is 0 Å². The van der Waals surface area contributed by atoms with Crippen LogP contribution in [0, 0.1) is 0 Å². The molecule has 0 radical (unpaired) electrons. The molecule has 8 rings (SSSR count). The maximum absolute atomic E-state index is 6.01. The van der Waals surface area contributed by atoms with Crippen molar-refractivity contribution in [3.8, 4) is 33.4 Å². The minimum absolute atomic E-state index is 0.930. The van der Waals surface area contributed by atoms with E-state index < -0.39 is 0 Å². The Kier molecular flexibility index (Phi) is 4.22. The van der Waals surface area contributed by atoms with Gasteiger partial charge in [0.05, 0.1) is 0 Å². The molecule has 0 fully saturated rings. The number of rotatable bonds is 2. The highest BCUT2D eigenvalue weighted by Gasteiger charge is 2.20. The minimum Gasteiger partial charge on any atom is -0.456 e. The van der Waals surface area contributed by atoms with Crippen LogP contribution in [0.1, 0.15) is 0 Å². The fourth-order valence-electron chi connectivity index (χ4n) is 5.58. The maximum Gasteiger partial charge on any atom is 0.135 e. The van der Waals surface area contributed by atoms with Crippen LogP contribution in [-0.4, -0.2) is 0 Å². The molecule has 1 aliphatic rings. The second-order valence-electron chi connectivity index (χ2n) is 9.32. The molecule has 1 nitrogen and oxygen atoms in total. The van der Waals surface area contributed by atoms with Crippen molar-refractivity contribution in [3.63, 3.8) is 0 Å². The van der Waals surface area contributed by atoms with E-state index in [9.17, 15) is 0 Å². The predicted molar refractivity (Wildman–Crippen MR) is 152 cm³/mol. The summed E-state index contributed by atoms with van der Waals surface area (Å²) in [7, 11) is 0. The Balaban J connectivity index is 1.24. The van der Waals surface area contributed by atoms with Crippen LogP contribution < -0.4 is 0 Å². The van der Waals surface area contributed by atoms with Crippen LogP contribution in [0.5, 0.6) is 0 Å². The van der Waals surface area contributed by atoms with Gasteiger partial charge in [-0.1, -0.05) is 103 Å². The Bertz CT molecular complexity index is 1960. The molecular weight excluding hydrogens is 456 g/mol. The van der Waals surface area contributed by atoms with Crippen molar-refractivity contribution in [2.75, 3.05) is 0 Å². The molecule has 7 aromatic rings. The lowest BCUT2D eigenvalue weighted by atomic mass is 9.92. The lowest BCUT2D eigenvalue weighted by Gasteiger charge is -2.21. The molecule has 36 heavy (non-hydrogen) atoms. The monoisotopic (exact) mass is 476 g/mol. The van der Waals surface area contributed by atoms with E-state index in [0.717, 1.165) is 21.9 Å². The van der Waals surface area contributed by atoms with Gasteiger partial charge in [0.2, 0.25) is 0 Å². The van der Waals surface area contributed by atoms with Crippen molar-refractivity contribution < 1.29 is 4.42 Å². The zero-order valence-corrected chi connectivity index (χ0v) is 20.2. The van der Waals surface area contributed by atoms with Gasteiger partial charge in [-0.25, -0.2) is 0 Å². The molecule has 0 saturated carbocycles. The van der Waals surface area contributed by atoms with E-state index in [1.807, 2.05) is 23.9 Å². The van der Waals surface area contributed by atoms with Gasteiger partial charge >= 0.3 is 0 Å². The quantitative estimate of drug-likeness (QED) is 0.246. The van der Waals surface area contributed by atoms with Crippen molar-refractivity contribution in [3.05, 3.63) is 121 Å². The van der Waals surface area contributed by atoms with Crippen molar-refractivity contribution in [2.45, 2.75) is 9.79 Å². The highest BCUT2D eigenvalue weighted by Crippen LogP contribution is 2.49. The van der Waals surface area contributed by atoms with E-state index in [0.29, 0.717) is 0 Å². The van der Waals surface area contributed by atoms with Gasteiger partial charge in [-0.15, -0.1) is 0 Å². The van der Waals surface area contributed by atoms with E-state index in [1.165, 1.54) is 53.9 Å². The van der Waals surface area contributed by atoms with Crippen LogP contribution in [0.25, 0.3) is 66.1 Å². The molecule has 0 bridgehead atoms. The van der Waals surface area contributed by atoms with Gasteiger partial charge in [-0.05, 0) is 69.1 Å². The van der Waals surface area contributed by atoms with Gasteiger partial charge in [0.25, 0.3) is 0 Å². The zero-order chi connectivity index (χ0) is 23.6. The van der Waals surface area contributed by atoms with E-state index in [2.05, 4.69) is 109 Å². The SMILES string of the molecule is c1ccc2c(c1)Sc1ccc(-c3ccc(-c4ccc5oc6ccccc6c5c4)cc3)c3cccc-2c13. The number of benzene rings is 6. The van der Waals surface area contributed by atoms with Gasteiger partial charge in [0.15, 0.2) is 0 Å². The average molecular weight is 477 g/mol. The highest BCUT2D eigenvalue weighted by molar-refractivity contribution is 7.99. The molecule has 0 aliphatic carbocycles. The maximum atomic E-state index is 6.01. The first-order chi connectivity index (χ1) is 17.8. The number of furan rings is 1. The standard InChI is InChI=1S/C34H20OS/c1-3-10-30-25(6-1)29-20-23(16-18-31(29)35-30)21-12-14-22(15-13-21)24-17-19-33-34-27(24)8-5-9-28(34)26-7-2-4-11-32(26)36-33/h1-20H. The molecule has 0 saturated heterocycles. The zero-order valence-electron chi connectivity index (χ0n) is 19.4. The van der Waals surface area contributed by atoms with Gasteiger partial charge in [0, 0.05) is 25.9 Å². The molecule has 6 aromatic carbocycles. The van der Waals surface area contributed by atoms with Crippen LogP contribution in [0.15, 0.2) is 136 Å². The second kappa shape index (κ2) is 7.61. The highest BCUT2D eigenvalue weighted by atomic mass is 32.2. The Morgan fingerprint density at radius 2 is 1.14 bits per heavy atom. The Morgan fingerprint density at radius 3 is 2.08 bits per heavy atom. The van der Waals surface area contributed by atoms with Crippen LogP contribution in [0.2, 0.25) is 0 Å². The summed E-state index contributed by atoms with van der Waals surface area (Å²) in [5.41, 5.74) is 9.44. The first-order valence-corrected chi connectivity index (χ1v) is 13.0. The molecule has 0 spiro atoms. The fraction of sp³-hybridized carbons (Fsp3) is 0. The van der Waals surface area contributed by atoms with Crippen LogP contribution in [-0.2, 0) is 0 Å². The van der Waals surface area contributed by atoms with E-state index in [1.54, 1.807) is 0 Å². The van der Waals surface area contributed by atoms with Gasteiger partial charge in [0.1, 0.15) is 11.2 Å². The van der Waals surface area contributed by atoms with E-state index >= 15 is 0 Å². The lowest BCUT2D eigenvalue weighted by molar-refractivity contribution is 0.669. The predicted octanol–water partition coefficient (Wildman–Crippen LogP) is 10.2. The van der Waals surface area contributed by atoms with Crippen molar-refractivity contribution >= 4 is 44.5 Å². The summed E-state index contributed by atoms with van der Waals surface area (Å²) >= 11 is 1.87. The van der Waals surface area contributed by atoms with Crippen LogP contribution in [0.3, 0.4) is 0 Å². The smallest absolute Gasteiger partial charge is 0.135 e. The van der Waals surface area contributed by atoms with Crippen LogP contribution in [0.4, 0.5) is 0 Å². The fourth-order valence-corrected chi connectivity index (χ4v) is 6.71. The minimum atomic E-state index is 0.930. The molecule has 2 heterocycles. The van der Waals surface area contributed by atoms with Crippen molar-refractivity contribution in [1.82, 2.24) is 0 Å². The number of para-hydroxylation sites is 1. The molecule has 1 aromatic heterocycles. The molecule has 0 N–H and O–H groups in total. The molecule has 0 atom stereocenters. The lowest BCUT2D eigenvalue weighted by Crippen LogP contribution is -1.94.